The highest BCUT2D eigenvalue weighted by Crippen LogP contribution is 2.45. The third kappa shape index (κ3) is 3.21. The predicted octanol–water partition coefficient (Wildman–Crippen LogP) is 3.56. The van der Waals surface area contributed by atoms with Gasteiger partial charge in [0, 0.05) is 23.6 Å². The Balaban J connectivity index is 1.87. The number of nitrogens with one attached hydrogen (secondary N) is 1. The molecule has 142 valence electrons. The van der Waals surface area contributed by atoms with Crippen LogP contribution in [0.15, 0.2) is 60.9 Å². The third-order valence-corrected chi connectivity index (χ3v) is 5.14. The normalized spacial score (nSPS) is 19.9. The molecule has 0 saturated heterocycles. The quantitative estimate of drug-likeness (QED) is 0.729. The van der Waals surface area contributed by atoms with E-state index in [9.17, 15) is 10.4 Å². The molecule has 3 aromatic rings. The summed E-state index contributed by atoms with van der Waals surface area (Å²) in [5.41, 5.74) is 1.49. The average molecular weight is 374 g/mol. The molecule has 1 aliphatic heterocycles. The first-order valence-corrected chi connectivity index (χ1v) is 9.20. The Hall–Kier alpha value is -3.30. The summed E-state index contributed by atoms with van der Waals surface area (Å²) in [6.07, 6.45) is 2.68. The molecule has 0 saturated carbocycles. The van der Waals surface area contributed by atoms with Gasteiger partial charge in [-0.2, -0.15) is 5.26 Å². The minimum absolute atomic E-state index is 0.403. The van der Waals surface area contributed by atoms with E-state index in [0.717, 1.165) is 17.1 Å². The number of ether oxygens (including phenoxy) is 1. The fourth-order valence-corrected chi connectivity index (χ4v) is 3.69. The monoisotopic (exact) mass is 374 g/mol. The summed E-state index contributed by atoms with van der Waals surface area (Å²) in [5, 5.41) is 20.7. The standard InChI is InChI=1S/C22H22N4O2/c1-22(2)21(27)20(17-12-15(13-23)8-9-18(17)28-22)26(14-19-24-10-11-25-19)16-6-4-3-5-7-16/h3-12,20-21,27H,14H2,1-2H3,(H,24,25)/t20?,21-/m1/s1. The Bertz CT molecular complexity index is 993. The molecule has 2 heterocycles. The molecular weight excluding hydrogens is 352 g/mol. The summed E-state index contributed by atoms with van der Waals surface area (Å²) >= 11 is 0. The van der Waals surface area contributed by atoms with Crippen molar-refractivity contribution in [3.63, 3.8) is 0 Å². The lowest BCUT2D eigenvalue weighted by atomic mass is 9.84. The van der Waals surface area contributed by atoms with Gasteiger partial charge >= 0.3 is 0 Å². The van der Waals surface area contributed by atoms with Crippen molar-refractivity contribution in [3.8, 4) is 11.8 Å². The van der Waals surface area contributed by atoms with Crippen LogP contribution in [0.3, 0.4) is 0 Å². The van der Waals surface area contributed by atoms with Gasteiger partial charge in [0.2, 0.25) is 0 Å². The van der Waals surface area contributed by atoms with Gasteiger partial charge in [0.1, 0.15) is 23.3 Å². The van der Waals surface area contributed by atoms with Crippen LogP contribution >= 0.6 is 0 Å². The maximum Gasteiger partial charge on any atom is 0.132 e. The van der Waals surface area contributed by atoms with E-state index in [1.807, 2.05) is 50.2 Å². The summed E-state index contributed by atoms with van der Waals surface area (Å²) < 4.78 is 6.07. The molecule has 1 aliphatic rings. The van der Waals surface area contributed by atoms with Crippen LogP contribution in [-0.4, -0.2) is 26.8 Å². The highest BCUT2D eigenvalue weighted by molar-refractivity contribution is 5.54. The van der Waals surface area contributed by atoms with Crippen molar-refractivity contribution in [2.75, 3.05) is 4.90 Å². The van der Waals surface area contributed by atoms with Gasteiger partial charge < -0.3 is 19.7 Å². The van der Waals surface area contributed by atoms with Crippen LogP contribution in [0.25, 0.3) is 0 Å². The molecule has 2 N–H and O–H groups in total. The molecule has 0 radical (unpaired) electrons. The first-order valence-electron chi connectivity index (χ1n) is 9.20. The molecule has 0 aliphatic carbocycles. The van der Waals surface area contributed by atoms with E-state index in [4.69, 9.17) is 4.74 Å². The topological polar surface area (TPSA) is 85.2 Å². The van der Waals surface area contributed by atoms with Crippen LogP contribution in [0.1, 0.15) is 36.8 Å². The highest BCUT2D eigenvalue weighted by atomic mass is 16.5. The van der Waals surface area contributed by atoms with Crippen LogP contribution in [-0.2, 0) is 6.54 Å². The van der Waals surface area contributed by atoms with E-state index in [1.165, 1.54) is 0 Å². The molecule has 0 fully saturated rings. The number of anilines is 1. The minimum Gasteiger partial charge on any atom is -0.485 e. The molecule has 1 unspecified atom stereocenters. The summed E-state index contributed by atoms with van der Waals surface area (Å²) in [6, 6.07) is 17.0. The third-order valence-electron chi connectivity index (χ3n) is 5.14. The number of nitriles is 1. The van der Waals surface area contributed by atoms with Crippen molar-refractivity contribution in [1.29, 1.82) is 5.26 Å². The largest absolute Gasteiger partial charge is 0.485 e. The van der Waals surface area contributed by atoms with Gasteiger partial charge in [-0.25, -0.2) is 4.98 Å². The van der Waals surface area contributed by atoms with E-state index in [-0.39, 0.29) is 0 Å². The number of H-pyrrole nitrogens is 1. The van der Waals surface area contributed by atoms with Crippen molar-refractivity contribution in [1.82, 2.24) is 9.97 Å². The van der Waals surface area contributed by atoms with E-state index in [1.54, 1.807) is 24.5 Å². The lowest BCUT2D eigenvalue weighted by Crippen LogP contribution is -2.53. The fraction of sp³-hybridized carbons (Fsp3) is 0.273. The number of aromatic nitrogens is 2. The number of fused-ring (bicyclic) bond motifs is 1. The van der Waals surface area contributed by atoms with Crippen LogP contribution in [0.5, 0.6) is 5.75 Å². The molecule has 1 aromatic heterocycles. The lowest BCUT2D eigenvalue weighted by molar-refractivity contribution is -0.0590. The number of aliphatic hydroxyl groups excluding tert-OH is 1. The van der Waals surface area contributed by atoms with Gasteiger partial charge in [-0.05, 0) is 44.2 Å². The molecule has 0 bridgehead atoms. The Morgan fingerprint density at radius 2 is 2.04 bits per heavy atom. The van der Waals surface area contributed by atoms with E-state index >= 15 is 0 Å². The minimum atomic E-state index is -0.816. The summed E-state index contributed by atoms with van der Waals surface area (Å²) in [7, 11) is 0. The highest BCUT2D eigenvalue weighted by Gasteiger charge is 2.45. The predicted molar refractivity (Wildman–Crippen MR) is 106 cm³/mol. The molecule has 4 rings (SSSR count). The van der Waals surface area contributed by atoms with E-state index in [0.29, 0.717) is 17.9 Å². The lowest BCUT2D eigenvalue weighted by Gasteiger charge is -2.47. The van der Waals surface area contributed by atoms with Gasteiger partial charge in [-0.15, -0.1) is 0 Å². The van der Waals surface area contributed by atoms with Crippen molar-refractivity contribution in [3.05, 3.63) is 77.9 Å². The second-order valence-corrected chi connectivity index (χ2v) is 7.46. The van der Waals surface area contributed by atoms with Gasteiger partial charge in [-0.3, -0.25) is 0 Å². The number of hydrogen-bond donors (Lipinski definition) is 2. The maximum absolute atomic E-state index is 11.3. The van der Waals surface area contributed by atoms with Gasteiger partial charge in [-0.1, -0.05) is 18.2 Å². The van der Waals surface area contributed by atoms with Crippen LogP contribution < -0.4 is 9.64 Å². The molecular formula is C22H22N4O2. The smallest absolute Gasteiger partial charge is 0.132 e. The molecule has 2 atom stereocenters. The number of para-hydroxylation sites is 1. The maximum atomic E-state index is 11.3. The SMILES string of the molecule is CC1(C)Oc2ccc(C#N)cc2C(N(Cc2ncc[nH]2)c2ccccc2)[C@H]1O. The number of benzene rings is 2. The van der Waals surface area contributed by atoms with Crippen molar-refractivity contribution >= 4 is 5.69 Å². The number of rotatable bonds is 4. The summed E-state index contributed by atoms with van der Waals surface area (Å²) in [5.74, 6) is 1.47. The summed E-state index contributed by atoms with van der Waals surface area (Å²) in [6.45, 7) is 4.23. The van der Waals surface area contributed by atoms with Gasteiger partial charge in [0.25, 0.3) is 0 Å². The van der Waals surface area contributed by atoms with Crippen LogP contribution in [0, 0.1) is 11.3 Å². The molecule has 6 heteroatoms. The number of nitrogens with zero attached hydrogens (tertiary/aromatic N) is 3. The number of hydrogen-bond acceptors (Lipinski definition) is 5. The molecule has 0 spiro atoms. The zero-order valence-electron chi connectivity index (χ0n) is 15.8. The Kier molecular flexibility index (Phi) is 4.54. The molecule has 2 aromatic carbocycles. The molecule has 6 nitrogen and oxygen atoms in total. The Morgan fingerprint density at radius 1 is 1.25 bits per heavy atom. The van der Waals surface area contributed by atoms with Crippen molar-refractivity contribution in [2.24, 2.45) is 0 Å². The van der Waals surface area contributed by atoms with E-state index < -0.39 is 17.7 Å². The molecule has 0 amide bonds. The zero-order chi connectivity index (χ0) is 19.7. The Morgan fingerprint density at radius 3 is 2.71 bits per heavy atom. The van der Waals surface area contributed by atoms with Gasteiger partial charge in [0.05, 0.1) is 24.2 Å². The van der Waals surface area contributed by atoms with Crippen LogP contribution in [0.2, 0.25) is 0 Å². The van der Waals surface area contributed by atoms with Crippen molar-refractivity contribution in [2.45, 2.75) is 38.1 Å². The second-order valence-electron chi connectivity index (χ2n) is 7.46. The van der Waals surface area contributed by atoms with Crippen LogP contribution in [0.4, 0.5) is 5.69 Å². The van der Waals surface area contributed by atoms with Gasteiger partial charge in [0.15, 0.2) is 0 Å². The number of imidazole rings is 1. The number of aromatic amines is 1. The van der Waals surface area contributed by atoms with E-state index in [2.05, 4.69) is 20.9 Å². The Labute approximate surface area is 164 Å². The molecule has 28 heavy (non-hydrogen) atoms. The first-order chi connectivity index (χ1) is 13.5. The van der Waals surface area contributed by atoms with Crippen molar-refractivity contribution < 1.29 is 9.84 Å². The second kappa shape index (κ2) is 7.02. The summed E-state index contributed by atoms with van der Waals surface area (Å²) in [4.78, 5) is 9.61. The first kappa shape index (κ1) is 18.1. The average Bonchev–Trinajstić information content (AvgIpc) is 3.21. The fourth-order valence-electron chi connectivity index (χ4n) is 3.69. The number of aliphatic hydroxyl groups is 1. The zero-order valence-corrected chi connectivity index (χ0v) is 15.8.